The molecule has 162 valence electrons. The second-order valence-corrected chi connectivity index (χ2v) is 7.76. The van der Waals surface area contributed by atoms with E-state index in [9.17, 15) is 19.2 Å². The quantitative estimate of drug-likeness (QED) is 0.516. The van der Waals surface area contributed by atoms with Crippen molar-refractivity contribution >= 4 is 29.4 Å². The van der Waals surface area contributed by atoms with Gasteiger partial charge in [0.05, 0.1) is 16.7 Å². The molecule has 1 aliphatic rings. The molecule has 7 heteroatoms. The molecule has 0 saturated heterocycles. The van der Waals surface area contributed by atoms with Crippen LogP contribution in [0.25, 0.3) is 0 Å². The lowest BCUT2D eigenvalue weighted by Gasteiger charge is -2.17. The third-order valence-corrected chi connectivity index (χ3v) is 5.06. The van der Waals surface area contributed by atoms with Crippen LogP contribution in [0.4, 0.5) is 5.69 Å². The number of rotatable bonds is 8. The van der Waals surface area contributed by atoms with Crippen LogP contribution in [0.1, 0.15) is 70.3 Å². The topological polar surface area (TPSA) is 92.8 Å². The van der Waals surface area contributed by atoms with E-state index in [1.165, 1.54) is 23.8 Å². The number of hydrogen-bond acceptors (Lipinski definition) is 5. The summed E-state index contributed by atoms with van der Waals surface area (Å²) in [5.41, 5.74) is 2.36. The van der Waals surface area contributed by atoms with Gasteiger partial charge in [0, 0.05) is 11.7 Å². The molecule has 2 aromatic carbocycles. The van der Waals surface area contributed by atoms with E-state index in [1.807, 2.05) is 24.3 Å². The predicted octanol–water partition coefficient (Wildman–Crippen LogP) is 3.83. The number of esters is 1. The average Bonchev–Trinajstić information content (AvgIpc) is 3.01. The third kappa shape index (κ3) is 4.99. The van der Waals surface area contributed by atoms with Gasteiger partial charge >= 0.3 is 5.97 Å². The highest BCUT2D eigenvalue weighted by Crippen LogP contribution is 2.26. The summed E-state index contributed by atoms with van der Waals surface area (Å²) < 4.78 is 5.07. The van der Waals surface area contributed by atoms with Crippen molar-refractivity contribution in [2.75, 3.05) is 11.9 Å². The first-order chi connectivity index (χ1) is 14.8. The Balaban J connectivity index is 1.57. The molecule has 1 aliphatic heterocycles. The lowest BCUT2D eigenvalue weighted by atomic mass is 10.1. The van der Waals surface area contributed by atoms with Crippen molar-refractivity contribution in [1.82, 2.24) is 4.90 Å². The van der Waals surface area contributed by atoms with E-state index in [2.05, 4.69) is 12.2 Å². The number of ether oxygens (including phenoxy) is 1. The Morgan fingerprint density at radius 2 is 1.68 bits per heavy atom. The second kappa shape index (κ2) is 9.55. The van der Waals surface area contributed by atoms with Crippen LogP contribution in [0.2, 0.25) is 0 Å². The Kier molecular flexibility index (Phi) is 6.84. The van der Waals surface area contributed by atoms with Gasteiger partial charge in [0.15, 0.2) is 6.61 Å². The number of imide groups is 1. The van der Waals surface area contributed by atoms with E-state index in [0.29, 0.717) is 5.69 Å². The predicted molar refractivity (Wildman–Crippen MR) is 116 cm³/mol. The first-order valence-corrected chi connectivity index (χ1v) is 10.4. The van der Waals surface area contributed by atoms with Crippen LogP contribution in [0.15, 0.2) is 42.5 Å². The molecule has 0 radical (unpaired) electrons. The Bertz CT molecular complexity index is 1010. The molecule has 1 N–H and O–H groups in total. The highest BCUT2D eigenvalue weighted by Gasteiger charge is 2.37. The Morgan fingerprint density at radius 1 is 1.00 bits per heavy atom. The number of nitrogens with zero attached hydrogens (tertiary/aromatic N) is 1. The van der Waals surface area contributed by atoms with Crippen LogP contribution in [-0.2, 0) is 16.0 Å². The number of aryl methyl sites for hydroxylation is 1. The lowest BCUT2D eigenvalue weighted by Crippen LogP contribution is -2.35. The largest absolute Gasteiger partial charge is 0.452 e. The summed E-state index contributed by atoms with van der Waals surface area (Å²) in [6, 6.07) is 11.5. The number of carbonyl (C=O) groups is 4. The zero-order valence-corrected chi connectivity index (χ0v) is 17.9. The monoisotopic (exact) mass is 422 g/mol. The summed E-state index contributed by atoms with van der Waals surface area (Å²) in [7, 11) is 0. The van der Waals surface area contributed by atoms with Crippen LogP contribution in [0, 0.1) is 0 Å². The van der Waals surface area contributed by atoms with Gasteiger partial charge in [-0.25, -0.2) is 4.79 Å². The van der Waals surface area contributed by atoms with Crippen molar-refractivity contribution in [1.29, 1.82) is 0 Å². The minimum Gasteiger partial charge on any atom is -0.452 e. The third-order valence-electron chi connectivity index (χ3n) is 5.06. The van der Waals surface area contributed by atoms with Gasteiger partial charge in [0.2, 0.25) is 0 Å². The van der Waals surface area contributed by atoms with Crippen molar-refractivity contribution in [2.24, 2.45) is 0 Å². The zero-order chi connectivity index (χ0) is 22.5. The van der Waals surface area contributed by atoms with Gasteiger partial charge in [-0.15, -0.1) is 0 Å². The van der Waals surface area contributed by atoms with Gasteiger partial charge in [0.25, 0.3) is 17.7 Å². The van der Waals surface area contributed by atoms with Gasteiger partial charge < -0.3 is 10.1 Å². The van der Waals surface area contributed by atoms with Gasteiger partial charge in [-0.2, -0.15) is 0 Å². The molecule has 0 spiro atoms. The van der Waals surface area contributed by atoms with Gasteiger partial charge in [-0.3, -0.25) is 19.3 Å². The molecule has 3 amide bonds. The minimum absolute atomic E-state index is 0.110. The van der Waals surface area contributed by atoms with Crippen LogP contribution < -0.4 is 5.32 Å². The molecule has 0 bridgehead atoms. The summed E-state index contributed by atoms with van der Waals surface area (Å²) in [6.45, 7) is 5.16. The van der Waals surface area contributed by atoms with E-state index in [4.69, 9.17) is 4.74 Å². The zero-order valence-electron chi connectivity index (χ0n) is 17.9. The van der Waals surface area contributed by atoms with E-state index in [1.54, 1.807) is 13.8 Å². The normalized spacial score (nSPS) is 12.8. The first-order valence-electron chi connectivity index (χ1n) is 10.4. The standard InChI is InChI=1S/C24H26N2O5/c1-4-5-6-16-7-10-18(11-8-16)25-21(27)14-31-24(30)17-9-12-19-20(13-17)23(29)26(15(2)3)22(19)28/h7-13,15H,4-6,14H2,1-3H3,(H,25,27). The maximum absolute atomic E-state index is 12.5. The molecule has 2 aromatic rings. The van der Waals surface area contributed by atoms with E-state index >= 15 is 0 Å². The fraction of sp³-hybridized carbons (Fsp3) is 0.333. The van der Waals surface area contributed by atoms with Crippen LogP contribution in [0.3, 0.4) is 0 Å². The summed E-state index contributed by atoms with van der Waals surface area (Å²) >= 11 is 0. The molecule has 3 rings (SSSR count). The maximum Gasteiger partial charge on any atom is 0.338 e. The number of anilines is 1. The highest BCUT2D eigenvalue weighted by atomic mass is 16.5. The molecular weight excluding hydrogens is 396 g/mol. The summed E-state index contributed by atoms with van der Waals surface area (Å²) in [5.74, 6) is -2.02. The molecule has 0 fully saturated rings. The van der Waals surface area contributed by atoms with Crippen molar-refractivity contribution in [3.8, 4) is 0 Å². The molecule has 0 unspecified atom stereocenters. The van der Waals surface area contributed by atoms with Crippen LogP contribution in [0.5, 0.6) is 0 Å². The fourth-order valence-electron chi connectivity index (χ4n) is 3.40. The number of unbranched alkanes of at least 4 members (excludes halogenated alkanes) is 1. The molecule has 0 aromatic heterocycles. The van der Waals surface area contributed by atoms with Gasteiger partial charge in [0.1, 0.15) is 0 Å². The highest BCUT2D eigenvalue weighted by molar-refractivity contribution is 6.22. The summed E-state index contributed by atoms with van der Waals surface area (Å²) in [5, 5.41) is 2.68. The van der Waals surface area contributed by atoms with Crippen molar-refractivity contribution in [3.63, 3.8) is 0 Å². The molecule has 0 atom stereocenters. The number of benzene rings is 2. The number of fused-ring (bicyclic) bond motifs is 1. The average molecular weight is 422 g/mol. The lowest BCUT2D eigenvalue weighted by molar-refractivity contribution is -0.119. The van der Waals surface area contributed by atoms with Crippen LogP contribution in [-0.4, -0.2) is 41.2 Å². The number of hydrogen-bond donors (Lipinski definition) is 1. The summed E-state index contributed by atoms with van der Waals surface area (Å²) in [6.07, 6.45) is 3.22. The van der Waals surface area contributed by atoms with E-state index < -0.39 is 24.4 Å². The van der Waals surface area contributed by atoms with Gasteiger partial charge in [-0.05, 0) is 62.6 Å². The molecular formula is C24H26N2O5. The smallest absolute Gasteiger partial charge is 0.338 e. The second-order valence-electron chi connectivity index (χ2n) is 7.76. The Morgan fingerprint density at radius 3 is 2.32 bits per heavy atom. The molecule has 0 aliphatic carbocycles. The molecule has 1 heterocycles. The minimum atomic E-state index is -0.740. The van der Waals surface area contributed by atoms with Crippen molar-refractivity contribution in [3.05, 3.63) is 64.7 Å². The van der Waals surface area contributed by atoms with Gasteiger partial charge in [-0.1, -0.05) is 25.5 Å². The van der Waals surface area contributed by atoms with Crippen molar-refractivity contribution in [2.45, 2.75) is 46.1 Å². The summed E-state index contributed by atoms with van der Waals surface area (Å²) in [4.78, 5) is 50.4. The van der Waals surface area contributed by atoms with E-state index in [-0.39, 0.29) is 28.6 Å². The Hall–Kier alpha value is -3.48. The first kappa shape index (κ1) is 22.2. The number of carbonyl (C=O) groups excluding carboxylic acids is 4. The Labute approximate surface area is 181 Å². The maximum atomic E-state index is 12.5. The molecule has 7 nitrogen and oxygen atoms in total. The number of nitrogens with one attached hydrogen (secondary N) is 1. The SMILES string of the molecule is CCCCc1ccc(NC(=O)COC(=O)c2ccc3c(c2)C(=O)N(C(C)C)C3=O)cc1. The number of amides is 3. The van der Waals surface area contributed by atoms with Crippen LogP contribution >= 0.6 is 0 Å². The molecule has 31 heavy (non-hydrogen) atoms. The molecule has 0 saturated carbocycles. The van der Waals surface area contributed by atoms with Crippen molar-refractivity contribution < 1.29 is 23.9 Å². The van der Waals surface area contributed by atoms with E-state index in [0.717, 1.165) is 24.2 Å². The fourth-order valence-corrected chi connectivity index (χ4v) is 3.40.